The molecule has 5 rings (SSSR count). The number of amides is 4. The van der Waals surface area contributed by atoms with E-state index in [2.05, 4.69) is 31.2 Å². The van der Waals surface area contributed by atoms with Gasteiger partial charge in [-0.05, 0) is 56.6 Å². The monoisotopic (exact) mass is 669 g/mol. The Bertz CT molecular complexity index is 1990. The molecule has 0 aliphatic carbocycles. The Balaban J connectivity index is 1.22. The minimum Gasteiger partial charge on any atom is -0.351 e. The van der Waals surface area contributed by atoms with Crippen LogP contribution in [0.5, 0.6) is 0 Å². The highest BCUT2D eigenvalue weighted by molar-refractivity contribution is 7.16. The Labute approximate surface area is 282 Å². The summed E-state index contributed by atoms with van der Waals surface area (Å²) in [6.45, 7) is 5.32. The Morgan fingerprint density at radius 2 is 1.44 bits per heavy atom. The first-order valence-electron chi connectivity index (χ1n) is 15.4. The van der Waals surface area contributed by atoms with Gasteiger partial charge in [0.15, 0.2) is 5.13 Å². The van der Waals surface area contributed by atoms with Crippen molar-refractivity contribution in [1.29, 1.82) is 0 Å². The molecule has 0 spiro atoms. The van der Waals surface area contributed by atoms with Crippen LogP contribution < -0.4 is 21.3 Å². The van der Waals surface area contributed by atoms with Gasteiger partial charge >= 0.3 is 0 Å². The maximum atomic E-state index is 13.3. The molecule has 250 valence electrons. The second-order valence-corrected chi connectivity index (χ2v) is 13.1. The number of aryl methyl sites for hydroxylation is 2. The van der Waals surface area contributed by atoms with E-state index < -0.39 is 17.7 Å². The number of carbonyl (C=O) groups is 4. The number of benzene rings is 1. The second-order valence-electron chi connectivity index (χ2n) is 12.0. The lowest BCUT2D eigenvalue weighted by atomic mass is 10.1. The molecule has 0 radical (unpaired) electrons. The first-order chi connectivity index (χ1) is 22.9. The van der Waals surface area contributed by atoms with E-state index in [0.29, 0.717) is 34.4 Å². The van der Waals surface area contributed by atoms with E-state index in [1.807, 2.05) is 57.1 Å². The summed E-state index contributed by atoms with van der Waals surface area (Å²) in [6.07, 6.45) is 5.71. The Morgan fingerprint density at radius 3 is 2.06 bits per heavy atom. The number of hydrogen-bond donors (Lipinski definition) is 4. The highest BCUT2D eigenvalue weighted by Gasteiger charge is 2.23. The summed E-state index contributed by atoms with van der Waals surface area (Å²) in [5, 5.41) is 13.5. The zero-order valence-corrected chi connectivity index (χ0v) is 28.6. The molecular formula is C34H39N9O4S. The predicted molar refractivity (Wildman–Crippen MR) is 188 cm³/mol. The summed E-state index contributed by atoms with van der Waals surface area (Å²) in [5.41, 5.74) is 1.97. The third-order valence-electron chi connectivity index (χ3n) is 7.54. The lowest BCUT2D eigenvalue weighted by Crippen LogP contribution is -2.28. The van der Waals surface area contributed by atoms with Crippen molar-refractivity contribution in [2.24, 2.45) is 14.1 Å². The van der Waals surface area contributed by atoms with Crippen LogP contribution in [0, 0.1) is 0 Å². The number of aromatic nitrogens is 4. The molecule has 14 heteroatoms. The number of rotatable bonds is 12. The molecule has 0 aliphatic heterocycles. The lowest BCUT2D eigenvalue weighted by molar-refractivity contribution is 0.0944. The van der Waals surface area contributed by atoms with Gasteiger partial charge in [-0.15, -0.1) is 11.3 Å². The lowest BCUT2D eigenvalue weighted by Gasteiger charge is -2.10. The van der Waals surface area contributed by atoms with Crippen molar-refractivity contribution < 1.29 is 19.2 Å². The van der Waals surface area contributed by atoms with Gasteiger partial charge in [0, 0.05) is 49.5 Å². The molecule has 0 saturated heterocycles. The molecule has 0 aliphatic rings. The summed E-state index contributed by atoms with van der Waals surface area (Å²) < 4.78 is 3.19. The smallest absolute Gasteiger partial charge is 0.274 e. The first kappa shape index (κ1) is 34.0. The number of nitrogens with zero attached hydrogens (tertiary/aromatic N) is 5. The van der Waals surface area contributed by atoms with Crippen LogP contribution in [-0.2, 0) is 14.1 Å². The fourth-order valence-corrected chi connectivity index (χ4v) is 6.06. The van der Waals surface area contributed by atoms with Crippen molar-refractivity contribution in [2.45, 2.75) is 26.2 Å². The number of hydrogen-bond acceptors (Lipinski definition) is 8. The maximum absolute atomic E-state index is 13.3. The molecule has 0 saturated carbocycles. The molecule has 4 aromatic heterocycles. The Morgan fingerprint density at radius 1 is 0.833 bits per heavy atom. The van der Waals surface area contributed by atoms with Crippen LogP contribution in [0.3, 0.4) is 0 Å². The number of fused-ring (bicyclic) bond motifs is 1. The van der Waals surface area contributed by atoms with Crippen LogP contribution in [0.1, 0.15) is 73.0 Å². The van der Waals surface area contributed by atoms with Gasteiger partial charge in [-0.2, -0.15) is 0 Å². The number of carbonyl (C=O) groups excluding carboxylic acids is 4. The molecular weight excluding hydrogens is 630 g/mol. The standard InChI is InChI=1S/C34H39N9O4S/c1-20(2)29-28(33(47)35-12-9-13-41(3)4)39-34(48-29)40-32(46)27-16-24(19-43(27)6)38-31(45)26-15-23(18-42(26)5)37-30(44)25-14-21-10-7-8-11-22(21)17-36-25/h7-8,10-11,14-20H,9,12-13H2,1-6H3,(H,35,47)(H,37,44)(H,38,45)(H,39,40,46). The van der Waals surface area contributed by atoms with E-state index >= 15 is 0 Å². The summed E-state index contributed by atoms with van der Waals surface area (Å²) >= 11 is 1.26. The zero-order valence-electron chi connectivity index (χ0n) is 27.7. The van der Waals surface area contributed by atoms with Gasteiger partial charge in [0.25, 0.3) is 23.6 Å². The topological polar surface area (TPSA) is 155 Å². The molecule has 1 aromatic carbocycles. The van der Waals surface area contributed by atoms with Crippen molar-refractivity contribution >= 4 is 62.2 Å². The number of anilines is 3. The summed E-state index contributed by atoms with van der Waals surface area (Å²) in [4.78, 5) is 63.8. The van der Waals surface area contributed by atoms with Crippen LogP contribution in [0.15, 0.2) is 61.1 Å². The zero-order chi connectivity index (χ0) is 34.5. The van der Waals surface area contributed by atoms with Crippen LogP contribution in [0.25, 0.3) is 10.8 Å². The van der Waals surface area contributed by atoms with Crippen LogP contribution >= 0.6 is 11.3 Å². The van der Waals surface area contributed by atoms with E-state index in [4.69, 9.17) is 0 Å². The van der Waals surface area contributed by atoms with Crippen molar-refractivity contribution in [2.75, 3.05) is 43.1 Å². The second kappa shape index (κ2) is 14.6. The molecule has 13 nitrogen and oxygen atoms in total. The third kappa shape index (κ3) is 7.96. The van der Waals surface area contributed by atoms with Gasteiger partial charge in [-0.1, -0.05) is 38.1 Å². The number of nitrogens with one attached hydrogen (secondary N) is 4. The van der Waals surface area contributed by atoms with E-state index in [9.17, 15) is 19.2 Å². The van der Waals surface area contributed by atoms with E-state index in [-0.39, 0.29) is 23.2 Å². The predicted octanol–water partition coefficient (Wildman–Crippen LogP) is 4.93. The van der Waals surface area contributed by atoms with E-state index in [1.54, 1.807) is 60.0 Å². The maximum Gasteiger partial charge on any atom is 0.274 e. The molecule has 4 heterocycles. The molecule has 48 heavy (non-hydrogen) atoms. The minimum atomic E-state index is -0.439. The average Bonchev–Trinajstić information content (AvgIpc) is 3.75. The molecule has 5 aromatic rings. The molecule has 4 N–H and O–H groups in total. The third-order valence-corrected chi connectivity index (χ3v) is 8.81. The van der Waals surface area contributed by atoms with Crippen LogP contribution in [0.4, 0.5) is 16.5 Å². The van der Waals surface area contributed by atoms with Gasteiger partial charge in [0.05, 0.1) is 11.4 Å². The minimum absolute atomic E-state index is 0.0363. The summed E-state index contributed by atoms with van der Waals surface area (Å²) in [7, 11) is 7.34. The first-order valence-corrected chi connectivity index (χ1v) is 16.3. The number of thiazole rings is 1. The Hall–Kier alpha value is -5.34. The molecule has 0 fully saturated rings. The van der Waals surface area contributed by atoms with Crippen molar-refractivity contribution in [3.05, 3.63) is 88.7 Å². The molecule has 0 bridgehead atoms. The molecule has 0 unspecified atom stereocenters. The fraction of sp³-hybridized carbons (Fsp3) is 0.294. The molecule has 4 amide bonds. The molecule has 0 atom stereocenters. The highest BCUT2D eigenvalue weighted by atomic mass is 32.1. The highest BCUT2D eigenvalue weighted by Crippen LogP contribution is 2.30. The average molecular weight is 670 g/mol. The van der Waals surface area contributed by atoms with Crippen molar-refractivity contribution in [1.82, 2.24) is 29.3 Å². The normalized spacial score (nSPS) is 11.2. The van der Waals surface area contributed by atoms with Crippen LogP contribution in [-0.4, -0.2) is 74.8 Å². The fourth-order valence-electron chi connectivity index (χ4n) is 5.10. The van der Waals surface area contributed by atoms with Gasteiger partial charge < -0.3 is 30.0 Å². The van der Waals surface area contributed by atoms with Gasteiger partial charge in [0.2, 0.25) is 0 Å². The van der Waals surface area contributed by atoms with Crippen molar-refractivity contribution in [3.63, 3.8) is 0 Å². The largest absolute Gasteiger partial charge is 0.351 e. The quantitative estimate of drug-likeness (QED) is 0.137. The van der Waals surface area contributed by atoms with Crippen LogP contribution in [0.2, 0.25) is 0 Å². The van der Waals surface area contributed by atoms with E-state index in [1.165, 1.54) is 11.3 Å². The van der Waals surface area contributed by atoms with Gasteiger partial charge in [-0.3, -0.25) is 29.5 Å². The summed E-state index contributed by atoms with van der Waals surface area (Å²) in [6, 6.07) is 12.5. The number of pyridine rings is 1. The Kier molecular flexibility index (Phi) is 10.4. The SMILES string of the molecule is CC(C)c1sc(NC(=O)c2cc(NC(=O)c3cc(NC(=O)c4cc5ccccc5cn4)cn3C)cn2C)nc1C(=O)NCCCN(C)C. The summed E-state index contributed by atoms with van der Waals surface area (Å²) in [5.74, 6) is -1.50. The van der Waals surface area contributed by atoms with E-state index in [0.717, 1.165) is 28.6 Å². The van der Waals surface area contributed by atoms with Gasteiger partial charge in [0.1, 0.15) is 22.8 Å². The van der Waals surface area contributed by atoms with Crippen molar-refractivity contribution in [3.8, 4) is 0 Å². The van der Waals surface area contributed by atoms with Gasteiger partial charge in [-0.25, -0.2) is 4.98 Å².